The normalized spacial score (nSPS) is 38.5. The number of piperidine rings is 2. The van der Waals surface area contributed by atoms with Crippen LogP contribution in [0.3, 0.4) is 0 Å². The smallest absolute Gasteiger partial charge is 0.229 e. The first-order valence-corrected chi connectivity index (χ1v) is 15.4. The van der Waals surface area contributed by atoms with Crippen LogP contribution in [0.25, 0.3) is 0 Å². The monoisotopic (exact) mass is 517 g/mol. The molecule has 5 aliphatic rings. The Balaban J connectivity index is 1.29. The number of nitrogens with two attached hydrogens (primary N) is 1. The van der Waals surface area contributed by atoms with E-state index in [4.69, 9.17) is 10.5 Å². The minimum atomic E-state index is -0.370. The fourth-order valence-electron chi connectivity index (χ4n) is 8.04. The molecule has 0 aromatic carbocycles. The maximum Gasteiger partial charge on any atom is 0.229 e. The summed E-state index contributed by atoms with van der Waals surface area (Å²) in [6, 6.07) is 0.161. The molecule has 6 unspecified atom stereocenters. The lowest BCUT2D eigenvalue weighted by atomic mass is 9.79. The molecule has 37 heavy (non-hydrogen) atoms. The van der Waals surface area contributed by atoms with Crippen molar-refractivity contribution in [3.63, 3.8) is 0 Å². The first kappa shape index (κ1) is 27.4. The Morgan fingerprint density at radius 2 is 1.81 bits per heavy atom. The van der Waals surface area contributed by atoms with Gasteiger partial charge in [-0.3, -0.25) is 19.8 Å². The van der Waals surface area contributed by atoms with Gasteiger partial charge in [0.05, 0.1) is 36.4 Å². The highest BCUT2D eigenvalue weighted by Gasteiger charge is 2.52. The zero-order valence-electron chi connectivity index (χ0n) is 23.2. The molecule has 0 aromatic heterocycles. The van der Waals surface area contributed by atoms with Gasteiger partial charge < -0.3 is 20.7 Å². The predicted octanol–water partition coefficient (Wildman–Crippen LogP) is 3.16. The lowest BCUT2D eigenvalue weighted by Crippen LogP contribution is -2.74. The van der Waals surface area contributed by atoms with E-state index in [1.54, 1.807) is 0 Å². The van der Waals surface area contributed by atoms with Crippen LogP contribution in [0.4, 0.5) is 0 Å². The number of amides is 2. The van der Waals surface area contributed by atoms with E-state index in [2.05, 4.69) is 22.5 Å². The number of hydrogen-bond donors (Lipinski definition) is 3. The number of hydrogen-bond acceptors (Lipinski definition) is 6. The van der Waals surface area contributed by atoms with Crippen LogP contribution in [-0.4, -0.2) is 72.5 Å². The molecule has 4 N–H and O–H groups in total. The van der Waals surface area contributed by atoms with Gasteiger partial charge in [-0.1, -0.05) is 19.3 Å². The summed E-state index contributed by atoms with van der Waals surface area (Å²) in [6.07, 6.45) is 15.7. The SMILES string of the molecule is COC1CCC(CCN2C(N)C(C(=O)NC(C)C3CCCCC3)CC3C(=O)N4CCCCC4NC32)CC1. The van der Waals surface area contributed by atoms with Crippen LogP contribution in [-0.2, 0) is 14.3 Å². The molecule has 5 rings (SSSR count). The van der Waals surface area contributed by atoms with E-state index in [-0.39, 0.29) is 48.2 Å². The standard InChI is InChI=1S/C29H51N5O3/c1-19(21-8-4-3-5-9-21)31-28(35)23-18-24-27(32-25-10-6-7-16-33(25)29(24)36)34(26(23)30)17-15-20-11-13-22(37-2)14-12-20/h19-27,32H,3-18,30H2,1-2H3,(H,31,35). The first-order valence-electron chi connectivity index (χ1n) is 15.4. The zero-order chi connectivity index (χ0) is 25.9. The third-order valence-corrected chi connectivity index (χ3v) is 10.5. The molecule has 3 aliphatic heterocycles. The Morgan fingerprint density at radius 1 is 1.08 bits per heavy atom. The van der Waals surface area contributed by atoms with Crippen LogP contribution < -0.4 is 16.4 Å². The van der Waals surface area contributed by atoms with Crippen LogP contribution in [0.5, 0.6) is 0 Å². The van der Waals surface area contributed by atoms with Gasteiger partial charge in [0.2, 0.25) is 11.8 Å². The molecule has 3 heterocycles. The van der Waals surface area contributed by atoms with E-state index in [0.29, 0.717) is 24.4 Å². The molecule has 0 aromatic rings. The molecule has 2 amide bonds. The van der Waals surface area contributed by atoms with E-state index in [0.717, 1.165) is 51.6 Å². The number of rotatable bonds is 7. The van der Waals surface area contributed by atoms with E-state index in [1.165, 1.54) is 44.9 Å². The number of nitrogens with zero attached hydrogens (tertiary/aromatic N) is 2. The summed E-state index contributed by atoms with van der Waals surface area (Å²) in [5, 5.41) is 7.17. The van der Waals surface area contributed by atoms with Gasteiger partial charge >= 0.3 is 0 Å². The topological polar surface area (TPSA) is 99.9 Å². The van der Waals surface area contributed by atoms with Crippen molar-refractivity contribution in [2.45, 2.75) is 127 Å². The van der Waals surface area contributed by atoms with Crippen molar-refractivity contribution in [2.75, 3.05) is 20.2 Å². The zero-order valence-corrected chi connectivity index (χ0v) is 23.2. The van der Waals surface area contributed by atoms with Crippen LogP contribution in [0.2, 0.25) is 0 Å². The molecule has 0 bridgehead atoms. The second-order valence-corrected chi connectivity index (χ2v) is 12.7. The third-order valence-electron chi connectivity index (χ3n) is 10.5. The second kappa shape index (κ2) is 12.3. The van der Waals surface area contributed by atoms with Crippen molar-refractivity contribution >= 4 is 11.8 Å². The van der Waals surface area contributed by atoms with Gasteiger partial charge in [0.1, 0.15) is 0 Å². The van der Waals surface area contributed by atoms with Gasteiger partial charge in [-0.25, -0.2) is 0 Å². The summed E-state index contributed by atoms with van der Waals surface area (Å²) < 4.78 is 5.57. The number of carbonyl (C=O) groups excluding carboxylic acids is 2. The third kappa shape index (κ3) is 6.02. The van der Waals surface area contributed by atoms with Gasteiger partial charge in [-0.2, -0.15) is 0 Å². The molecular weight excluding hydrogens is 466 g/mol. The first-order chi connectivity index (χ1) is 18.0. The van der Waals surface area contributed by atoms with Gasteiger partial charge in [-0.15, -0.1) is 0 Å². The Kier molecular flexibility index (Phi) is 9.10. The number of nitrogens with one attached hydrogen (secondary N) is 2. The van der Waals surface area contributed by atoms with Gasteiger partial charge in [0.15, 0.2) is 0 Å². The molecule has 3 saturated heterocycles. The number of fused-ring (bicyclic) bond motifs is 2. The highest BCUT2D eigenvalue weighted by Crippen LogP contribution is 2.38. The number of likely N-dealkylation sites (tertiary alicyclic amines) is 1. The van der Waals surface area contributed by atoms with E-state index < -0.39 is 0 Å². The molecule has 5 fully saturated rings. The van der Waals surface area contributed by atoms with Gasteiger partial charge in [-0.05, 0) is 89.4 Å². The summed E-state index contributed by atoms with van der Waals surface area (Å²) in [6.45, 7) is 3.81. The lowest BCUT2D eigenvalue weighted by Gasteiger charge is -2.55. The maximum atomic E-state index is 13.7. The van der Waals surface area contributed by atoms with Crippen molar-refractivity contribution in [3.05, 3.63) is 0 Å². The molecule has 6 atom stereocenters. The molecule has 0 radical (unpaired) electrons. The van der Waals surface area contributed by atoms with Crippen LogP contribution in [0, 0.1) is 23.7 Å². The Bertz CT molecular complexity index is 782. The van der Waals surface area contributed by atoms with Crippen molar-refractivity contribution in [1.82, 2.24) is 20.4 Å². The molecule has 8 nitrogen and oxygen atoms in total. The summed E-state index contributed by atoms with van der Waals surface area (Å²) in [5.74, 6) is 0.911. The molecule has 8 heteroatoms. The Morgan fingerprint density at radius 3 is 2.54 bits per heavy atom. The van der Waals surface area contributed by atoms with Gasteiger partial charge in [0, 0.05) is 26.2 Å². The average molecular weight is 518 g/mol. The van der Waals surface area contributed by atoms with Crippen LogP contribution in [0.15, 0.2) is 0 Å². The van der Waals surface area contributed by atoms with Gasteiger partial charge in [0.25, 0.3) is 0 Å². The number of methoxy groups -OCH3 is 1. The molecule has 210 valence electrons. The molecule has 2 saturated carbocycles. The lowest BCUT2D eigenvalue weighted by molar-refractivity contribution is -0.163. The van der Waals surface area contributed by atoms with Crippen molar-refractivity contribution < 1.29 is 14.3 Å². The average Bonchev–Trinajstić information content (AvgIpc) is 2.93. The van der Waals surface area contributed by atoms with E-state index >= 15 is 0 Å². The van der Waals surface area contributed by atoms with Crippen LogP contribution >= 0.6 is 0 Å². The van der Waals surface area contributed by atoms with Crippen LogP contribution in [0.1, 0.15) is 96.8 Å². The fraction of sp³-hybridized carbons (Fsp3) is 0.931. The quantitative estimate of drug-likeness (QED) is 0.480. The highest BCUT2D eigenvalue weighted by atomic mass is 16.5. The number of carbonyl (C=O) groups is 2. The second-order valence-electron chi connectivity index (χ2n) is 12.7. The van der Waals surface area contributed by atoms with E-state index in [9.17, 15) is 9.59 Å². The van der Waals surface area contributed by atoms with Crippen molar-refractivity contribution in [1.29, 1.82) is 0 Å². The largest absolute Gasteiger partial charge is 0.381 e. The van der Waals surface area contributed by atoms with Crippen molar-refractivity contribution in [3.8, 4) is 0 Å². The highest BCUT2D eigenvalue weighted by molar-refractivity contribution is 5.84. The maximum absolute atomic E-state index is 13.7. The van der Waals surface area contributed by atoms with E-state index in [1.807, 2.05) is 12.0 Å². The summed E-state index contributed by atoms with van der Waals surface area (Å²) >= 11 is 0. The summed E-state index contributed by atoms with van der Waals surface area (Å²) in [7, 11) is 1.82. The summed E-state index contributed by atoms with van der Waals surface area (Å²) in [4.78, 5) is 31.7. The minimum Gasteiger partial charge on any atom is -0.381 e. The molecule has 2 aliphatic carbocycles. The minimum absolute atomic E-state index is 0.0446. The Hall–Kier alpha value is -1.22. The summed E-state index contributed by atoms with van der Waals surface area (Å²) in [5.41, 5.74) is 6.94. The Labute approximate surface area is 223 Å². The molecule has 0 spiro atoms. The van der Waals surface area contributed by atoms with Crippen molar-refractivity contribution in [2.24, 2.45) is 29.4 Å². The predicted molar refractivity (Wildman–Crippen MR) is 144 cm³/mol. The molecular formula is C29H51N5O3. The number of ether oxygens (including phenoxy) is 1. The fourth-order valence-corrected chi connectivity index (χ4v) is 8.04.